The normalized spacial score (nSPS) is 11.3. The van der Waals surface area contributed by atoms with Crippen LogP contribution in [-0.4, -0.2) is 16.1 Å². The Balaban J connectivity index is 2.12. The van der Waals surface area contributed by atoms with Crippen LogP contribution in [0.4, 0.5) is 5.69 Å². The first-order chi connectivity index (χ1) is 8.47. The molecule has 5 heteroatoms. The number of hydrogen-bond donors (Lipinski definition) is 1. The average Bonchev–Trinajstić information content (AvgIpc) is 2.82. The Bertz CT molecular complexity index is 524. The molecule has 0 radical (unpaired) electrons. The lowest BCUT2D eigenvalue weighted by molar-refractivity contribution is -0.123. The van der Waals surface area contributed by atoms with Crippen LogP contribution >= 0.6 is 0 Å². The maximum absolute atomic E-state index is 11.8. The summed E-state index contributed by atoms with van der Waals surface area (Å²) in [6.45, 7) is 5.61. The minimum Gasteiger partial charge on any atom is -0.423 e. The molecule has 0 aliphatic heterocycles. The van der Waals surface area contributed by atoms with Gasteiger partial charge in [-0.2, -0.15) is 0 Å². The van der Waals surface area contributed by atoms with Crippen molar-refractivity contribution >= 4 is 11.6 Å². The third-order valence-corrected chi connectivity index (χ3v) is 2.43. The molecule has 1 amide bonds. The number of amides is 1. The van der Waals surface area contributed by atoms with Gasteiger partial charge in [0.25, 0.3) is 0 Å². The molecule has 94 valence electrons. The van der Waals surface area contributed by atoms with E-state index >= 15 is 0 Å². The van der Waals surface area contributed by atoms with Crippen molar-refractivity contribution in [2.24, 2.45) is 5.41 Å². The van der Waals surface area contributed by atoms with Crippen molar-refractivity contribution < 1.29 is 9.21 Å². The molecular formula is C13H15N3O2. The third-order valence-electron chi connectivity index (χ3n) is 2.43. The summed E-state index contributed by atoms with van der Waals surface area (Å²) in [4.78, 5) is 11.8. The van der Waals surface area contributed by atoms with E-state index in [9.17, 15) is 4.79 Å². The van der Waals surface area contributed by atoms with E-state index in [-0.39, 0.29) is 5.91 Å². The second-order valence-electron chi connectivity index (χ2n) is 5.03. The van der Waals surface area contributed by atoms with Gasteiger partial charge in [-0.1, -0.05) is 20.8 Å². The molecule has 0 saturated heterocycles. The molecule has 0 spiro atoms. The van der Waals surface area contributed by atoms with E-state index in [1.807, 2.05) is 45.0 Å². The Labute approximate surface area is 105 Å². The molecule has 0 aliphatic carbocycles. The Morgan fingerprint density at radius 2 is 1.89 bits per heavy atom. The van der Waals surface area contributed by atoms with Crippen LogP contribution in [0.3, 0.4) is 0 Å². The molecule has 0 bridgehead atoms. The Kier molecular flexibility index (Phi) is 3.14. The molecule has 0 aliphatic rings. The number of carbonyl (C=O) groups is 1. The van der Waals surface area contributed by atoms with Gasteiger partial charge < -0.3 is 9.73 Å². The van der Waals surface area contributed by atoms with Crippen LogP contribution in [0.2, 0.25) is 0 Å². The number of benzene rings is 1. The Morgan fingerprint density at radius 1 is 1.22 bits per heavy atom. The van der Waals surface area contributed by atoms with E-state index in [1.165, 1.54) is 6.39 Å². The van der Waals surface area contributed by atoms with Gasteiger partial charge in [0, 0.05) is 16.7 Å². The predicted octanol–water partition coefficient (Wildman–Crippen LogP) is 2.72. The van der Waals surface area contributed by atoms with Crippen LogP contribution in [0, 0.1) is 5.41 Å². The molecule has 5 nitrogen and oxygen atoms in total. The lowest BCUT2D eigenvalue weighted by Crippen LogP contribution is -2.27. The summed E-state index contributed by atoms with van der Waals surface area (Å²) < 4.78 is 5.09. The smallest absolute Gasteiger partial charge is 0.247 e. The minimum atomic E-state index is -0.412. The number of nitrogens with one attached hydrogen (secondary N) is 1. The molecule has 0 fully saturated rings. The quantitative estimate of drug-likeness (QED) is 0.883. The first kappa shape index (κ1) is 12.3. The minimum absolute atomic E-state index is 0.0203. The second-order valence-corrected chi connectivity index (χ2v) is 5.03. The maximum atomic E-state index is 11.8. The molecule has 0 unspecified atom stereocenters. The molecule has 1 N–H and O–H groups in total. The Morgan fingerprint density at radius 3 is 2.39 bits per heavy atom. The molecule has 1 aromatic carbocycles. The number of carbonyl (C=O) groups excluding carboxylic acids is 1. The molecule has 1 aromatic heterocycles. The molecular weight excluding hydrogens is 230 g/mol. The lowest BCUT2D eigenvalue weighted by Gasteiger charge is -2.17. The first-order valence-electron chi connectivity index (χ1n) is 5.65. The molecule has 0 saturated carbocycles. The molecule has 1 heterocycles. The highest BCUT2D eigenvalue weighted by Gasteiger charge is 2.21. The topological polar surface area (TPSA) is 68.0 Å². The van der Waals surface area contributed by atoms with Crippen molar-refractivity contribution in [3.63, 3.8) is 0 Å². The third kappa shape index (κ3) is 2.74. The number of nitrogens with zero attached hydrogens (tertiary/aromatic N) is 2. The van der Waals surface area contributed by atoms with Crippen molar-refractivity contribution in [2.75, 3.05) is 5.32 Å². The van der Waals surface area contributed by atoms with Crippen LogP contribution in [0.25, 0.3) is 11.5 Å². The maximum Gasteiger partial charge on any atom is 0.247 e. The highest BCUT2D eigenvalue weighted by molar-refractivity contribution is 5.94. The summed E-state index contributed by atoms with van der Waals surface area (Å²) in [5.74, 6) is 0.441. The predicted molar refractivity (Wildman–Crippen MR) is 67.8 cm³/mol. The van der Waals surface area contributed by atoms with Crippen molar-refractivity contribution in [3.8, 4) is 11.5 Å². The summed E-state index contributed by atoms with van der Waals surface area (Å²) in [5.41, 5.74) is 1.16. The van der Waals surface area contributed by atoms with E-state index in [1.54, 1.807) is 0 Å². The highest BCUT2D eigenvalue weighted by Crippen LogP contribution is 2.21. The van der Waals surface area contributed by atoms with Crippen LogP contribution < -0.4 is 5.32 Å². The zero-order valence-corrected chi connectivity index (χ0v) is 10.6. The fourth-order valence-electron chi connectivity index (χ4n) is 1.31. The summed E-state index contributed by atoms with van der Waals surface area (Å²) in [6.07, 6.45) is 1.28. The fourth-order valence-corrected chi connectivity index (χ4v) is 1.31. The average molecular weight is 245 g/mol. The van der Waals surface area contributed by atoms with E-state index in [4.69, 9.17) is 4.42 Å². The standard InChI is InChI=1S/C13H15N3O2/c1-13(2,3)12(17)15-10-6-4-9(5-7-10)11-16-14-8-18-11/h4-8H,1-3H3,(H,15,17). The molecule has 18 heavy (non-hydrogen) atoms. The van der Waals surface area contributed by atoms with Gasteiger partial charge in [0.05, 0.1) is 0 Å². The van der Waals surface area contributed by atoms with Gasteiger partial charge in [-0.05, 0) is 24.3 Å². The van der Waals surface area contributed by atoms with Crippen molar-refractivity contribution in [2.45, 2.75) is 20.8 Å². The van der Waals surface area contributed by atoms with Gasteiger partial charge in [0.2, 0.25) is 18.2 Å². The Hall–Kier alpha value is -2.17. The van der Waals surface area contributed by atoms with Gasteiger partial charge in [-0.15, -0.1) is 10.2 Å². The van der Waals surface area contributed by atoms with Crippen LogP contribution in [0.1, 0.15) is 20.8 Å². The van der Waals surface area contributed by atoms with Crippen LogP contribution in [0.5, 0.6) is 0 Å². The van der Waals surface area contributed by atoms with Gasteiger partial charge in [0.1, 0.15) is 0 Å². The second kappa shape index (κ2) is 4.60. The van der Waals surface area contributed by atoms with E-state index in [0.717, 1.165) is 11.3 Å². The number of rotatable bonds is 2. The van der Waals surface area contributed by atoms with Crippen LogP contribution in [0.15, 0.2) is 35.1 Å². The van der Waals surface area contributed by atoms with Gasteiger partial charge in [-0.25, -0.2) is 0 Å². The van der Waals surface area contributed by atoms with Crippen molar-refractivity contribution in [1.82, 2.24) is 10.2 Å². The highest BCUT2D eigenvalue weighted by atomic mass is 16.4. The van der Waals surface area contributed by atoms with Gasteiger partial charge >= 0.3 is 0 Å². The largest absolute Gasteiger partial charge is 0.423 e. The number of aromatic nitrogens is 2. The van der Waals surface area contributed by atoms with E-state index < -0.39 is 5.41 Å². The molecule has 2 rings (SSSR count). The monoisotopic (exact) mass is 245 g/mol. The fraction of sp³-hybridized carbons (Fsp3) is 0.308. The number of hydrogen-bond acceptors (Lipinski definition) is 4. The number of anilines is 1. The zero-order chi connectivity index (χ0) is 13.2. The summed E-state index contributed by atoms with van der Waals surface area (Å²) in [6, 6.07) is 7.27. The summed E-state index contributed by atoms with van der Waals surface area (Å²) >= 11 is 0. The first-order valence-corrected chi connectivity index (χ1v) is 5.65. The van der Waals surface area contributed by atoms with Gasteiger partial charge in [0.15, 0.2) is 0 Å². The van der Waals surface area contributed by atoms with Crippen molar-refractivity contribution in [3.05, 3.63) is 30.7 Å². The lowest BCUT2D eigenvalue weighted by atomic mass is 9.95. The van der Waals surface area contributed by atoms with Crippen molar-refractivity contribution in [1.29, 1.82) is 0 Å². The summed E-state index contributed by atoms with van der Waals surface area (Å²) in [5, 5.41) is 10.3. The van der Waals surface area contributed by atoms with E-state index in [0.29, 0.717) is 5.89 Å². The van der Waals surface area contributed by atoms with Gasteiger partial charge in [-0.3, -0.25) is 4.79 Å². The zero-order valence-electron chi connectivity index (χ0n) is 10.6. The van der Waals surface area contributed by atoms with E-state index in [2.05, 4.69) is 15.5 Å². The molecule has 2 aromatic rings. The SMILES string of the molecule is CC(C)(C)C(=O)Nc1ccc(-c2nnco2)cc1. The molecule has 0 atom stereocenters. The van der Waals surface area contributed by atoms with Crippen LogP contribution in [-0.2, 0) is 4.79 Å². The summed E-state index contributed by atoms with van der Waals surface area (Å²) in [7, 11) is 0.